The van der Waals surface area contributed by atoms with Crippen LogP contribution in [-0.2, 0) is 6.54 Å². The summed E-state index contributed by atoms with van der Waals surface area (Å²) in [6.07, 6.45) is 0. The third-order valence-electron chi connectivity index (χ3n) is 4.61. The van der Waals surface area contributed by atoms with E-state index in [2.05, 4.69) is 0 Å². The molecule has 1 heterocycles. The van der Waals surface area contributed by atoms with Gasteiger partial charge in [-0.2, -0.15) is 0 Å². The summed E-state index contributed by atoms with van der Waals surface area (Å²) >= 11 is 0. The number of aromatic nitrogens is 1. The van der Waals surface area contributed by atoms with Gasteiger partial charge in [0, 0.05) is 11.9 Å². The molecule has 1 N–H and O–H groups in total. The van der Waals surface area contributed by atoms with Gasteiger partial charge in [0.25, 0.3) is 0 Å². The van der Waals surface area contributed by atoms with Crippen LogP contribution in [-0.4, -0.2) is 22.8 Å². The van der Waals surface area contributed by atoms with Crippen LogP contribution < -0.4 is 4.74 Å². The molecule has 0 aliphatic carbocycles. The Morgan fingerprint density at radius 2 is 1.88 bits per heavy atom. The van der Waals surface area contributed by atoms with Crippen molar-refractivity contribution in [1.29, 1.82) is 0 Å². The Bertz CT molecular complexity index is 1150. The summed E-state index contributed by atoms with van der Waals surface area (Å²) in [6.45, 7) is 0.319. The smallest absolute Gasteiger partial charge is 0.352 e. The number of hydrogen-bond acceptors (Lipinski definition) is 2. The lowest BCUT2D eigenvalue weighted by molar-refractivity contribution is 0.0686. The molecule has 1 aromatic heterocycles. The quantitative estimate of drug-likeness (QED) is 0.581. The molecule has 4 rings (SSSR count). The van der Waals surface area contributed by atoms with E-state index in [1.165, 1.54) is 12.1 Å². The van der Waals surface area contributed by atoms with Gasteiger partial charge in [0.1, 0.15) is 17.3 Å². The molecule has 0 atom stereocenters. The monoisotopic (exact) mass is 349 g/mol. The van der Waals surface area contributed by atoms with Crippen LogP contribution in [0.15, 0.2) is 60.7 Å². The Kier molecular flexibility index (Phi) is 3.84. The van der Waals surface area contributed by atoms with Crippen molar-refractivity contribution in [3.05, 3.63) is 77.7 Å². The second kappa shape index (κ2) is 6.19. The summed E-state index contributed by atoms with van der Waals surface area (Å²) in [6, 6.07) is 17.4. The third-order valence-corrected chi connectivity index (χ3v) is 4.61. The Hall–Kier alpha value is -3.34. The number of hydrogen-bond donors (Lipinski definition) is 1. The molecule has 4 nitrogen and oxygen atoms in total. The van der Waals surface area contributed by atoms with Crippen molar-refractivity contribution in [3.8, 4) is 5.75 Å². The molecule has 0 aliphatic rings. The van der Waals surface area contributed by atoms with Gasteiger partial charge in [0.15, 0.2) is 0 Å². The maximum absolute atomic E-state index is 13.7. The summed E-state index contributed by atoms with van der Waals surface area (Å²) in [5, 5.41) is 12.1. The number of methoxy groups -OCH3 is 1. The van der Waals surface area contributed by atoms with E-state index in [1.54, 1.807) is 29.9 Å². The van der Waals surface area contributed by atoms with Gasteiger partial charge in [-0.1, -0.05) is 30.3 Å². The molecule has 5 heteroatoms. The number of carbonyl (C=O) groups is 1. The zero-order valence-electron chi connectivity index (χ0n) is 14.1. The molecular weight excluding hydrogens is 333 g/mol. The fourth-order valence-electron chi connectivity index (χ4n) is 3.40. The first kappa shape index (κ1) is 16.1. The summed E-state index contributed by atoms with van der Waals surface area (Å²) < 4.78 is 20.8. The van der Waals surface area contributed by atoms with Crippen molar-refractivity contribution in [2.45, 2.75) is 6.54 Å². The lowest BCUT2D eigenvalue weighted by atomic mass is 10.0. The van der Waals surface area contributed by atoms with Crippen LogP contribution in [0.1, 0.15) is 16.1 Å². The van der Waals surface area contributed by atoms with Gasteiger partial charge in [-0.05, 0) is 46.7 Å². The van der Waals surface area contributed by atoms with Crippen LogP contribution >= 0.6 is 0 Å². The van der Waals surface area contributed by atoms with Crippen molar-refractivity contribution in [2.24, 2.45) is 0 Å². The molecule has 130 valence electrons. The second-order valence-corrected chi connectivity index (χ2v) is 6.10. The van der Waals surface area contributed by atoms with Crippen LogP contribution in [0, 0.1) is 5.82 Å². The van der Waals surface area contributed by atoms with Crippen molar-refractivity contribution in [1.82, 2.24) is 4.57 Å². The number of ether oxygens (including phenoxy) is 1. The highest BCUT2D eigenvalue weighted by atomic mass is 19.1. The van der Waals surface area contributed by atoms with Gasteiger partial charge in [-0.25, -0.2) is 9.18 Å². The molecule has 0 bridgehead atoms. The predicted molar refractivity (Wildman–Crippen MR) is 98.5 cm³/mol. The van der Waals surface area contributed by atoms with E-state index in [0.29, 0.717) is 12.3 Å². The van der Waals surface area contributed by atoms with E-state index >= 15 is 0 Å². The van der Waals surface area contributed by atoms with Crippen molar-refractivity contribution < 1.29 is 19.0 Å². The van der Waals surface area contributed by atoms with Gasteiger partial charge < -0.3 is 14.4 Å². The van der Waals surface area contributed by atoms with E-state index in [-0.39, 0.29) is 11.5 Å². The van der Waals surface area contributed by atoms with E-state index in [1.807, 2.05) is 30.3 Å². The van der Waals surface area contributed by atoms with Gasteiger partial charge >= 0.3 is 5.97 Å². The molecule has 0 saturated heterocycles. The fraction of sp³-hybridized carbons (Fsp3) is 0.0952. The highest BCUT2D eigenvalue weighted by Crippen LogP contribution is 2.30. The Labute approximate surface area is 149 Å². The average molecular weight is 349 g/mol. The minimum atomic E-state index is -1.02. The highest BCUT2D eigenvalue weighted by molar-refractivity contribution is 5.97. The maximum Gasteiger partial charge on any atom is 0.352 e. The van der Waals surface area contributed by atoms with Crippen LogP contribution in [0.2, 0.25) is 0 Å². The van der Waals surface area contributed by atoms with Crippen molar-refractivity contribution in [3.63, 3.8) is 0 Å². The predicted octanol–water partition coefficient (Wildman–Crippen LogP) is 4.69. The number of aromatic carboxylic acids is 1. The lowest BCUT2D eigenvalue weighted by Crippen LogP contribution is -2.09. The normalized spacial score (nSPS) is 11.2. The van der Waals surface area contributed by atoms with E-state index in [0.717, 1.165) is 27.2 Å². The zero-order chi connectivity index (χ0) is 18.3. The van der Waals surface area contributed by atoms with Crippen molar-refractivity contribution >= 4 is 27.6 Å². The lowest BCUT2D eigenvalue weighted by Gasteiger charge is -2.12. The topological polar surface area (TPSA) is 51.5 Å². The number of fused-ring (bicyclic) bond motifs is 2. The summed E-state index contributed by atoms with van der Waals surface area (Å²) in [7, 11) is 1.56. The highest BCUT2D eigenvalue weighted by Gasteiger charge is 2.18. The van der Waals surface area contributed by atoms with Crippen LogP contribution in [0.25, 0.3) is 21.7 Å². The van der Waals surface area contributed by atoms with E-state index < -0.39 is 5.97 Å². The minimum absolute atomic E-state index is 0.165. The van der Waals surface area contributed by atoms with Crippen LogP contribution in [0.5, 0.6) is 5.75 Å². The Morgan fingerprint density at radius 3 is 2.65 bits per heavy atom. The number of rotatable bonds is 4. The molecule has 0 saturated carbocycles. The van der Waals surface area contributed by atoms with E-state index in [9.17, 15) is 14.3 Å². The second-order valence-electron chi connectivity index (χ2n) is 6.10. The van der Waals surface area contributed by atoms with Crippen LogP contribution in [0.3, 0.4) is 0 Å². The molecule has 0 amide bonds. The number of halogens is 1. The molecule has 0 radical (unpaired) electrons. The molecule has 3 aromatic carbocycles. The largest absolute Gasteiger partial charge is 0.496 e. The standard InChI is InChI=1S/C21H16FNO3/c1-26-20-7-3-6-18-17(20)11-19(21(24)25)23(18)12-14-5-2-4-13-8-9-15(22)10-16(13)14/h2-11H,12H2,1H3,(H,24,25). The molecule has 0 unspecified atom stereocenters. The average Bonchev–Trinajstić information content (AvgIpc) is 3.01. The Balaban J connectivity index is 1.94. The van der Waals surface area contributed by atoms with Gasteiger partial charge in [-0.3, -0.25) is 0 Å². The maximum atomic E-state index is 13.7. The summed E-state index contributed by atoms with van der Waals surface area (Å²) in [4.78, 5) is 11.8. The Morgan fingerprint density at radius 1 is 1.08 bits per heavy atom. The van der Waals surface area contributed by atoms with Crippen molar-refractivity contribution in [2.75, 3.05) is 7.11 Å². The molecule has 0 aliphatic heterocycles. The number of nitrogens with zero attached hydrogens (tertiary/aromatic N) is 1. The number of benzene rings is 3. The molecular formula is C21H16FNO3. The SMILES string of the molecule is COc1cccc2c1cc(C(=O)O)n2Cc1cccc2ccc(F)cc12. The summed E-state index contributed by atoms with van der Waals surface area (Å²) in [5.74, 6) is -0.718. The molecule has 26 heavy (non-hydrogen) atoms. The molecule has 0 fully saturated rings. The summed E-state index contributed by atoms with van der Waals surface area (Å²) in [5.41, 5.74) is 1.78. The third kappa shape index (κ3) is 2.58. The van der Waals surface area contributed by atoms with Crippen LogP contribution in [0.4, 0.5) is 4.39 Å². The van der Waals surface area contributed by atoms with E-state index in [4.69, 9.17) is 4.74 Å². The van der Waals surface area contributed by atoms with Gasteiger partial charge in [-0.15, -0.1) is 0 Å². The first-order valence-corrected chi connectivity index (χ1v) is 8.15. The minimum Gasteiger partial charge on any atom is -0.496 e. The molecule has 0 spiro atoms. The number of carboxylic acids is 1. The first-order valence-electron chi connectivity index (χ1n) is 8.15. The zero-order valence-corrected chi connectivity index (χ0v) is 14.1. The fourth-order valence-corrected chi connectivity index (χ4v) is 3.40. The molecule has 4 aromatic rings. The number of carboxylic acid groups (broad SMARTS) is 1. The van der Waals surface area contributed by atoms with Gasteiger partial charge in [0.2, 0.25) is 0 Å². The first-order chi connectivity index (χ1) is 12.6. The van der Waals surface area contributed by atoms with Gasteiger partial charge in [0.05, 0.1) is 12.6 Å².